The Morgan fingerprint density at radius 1 is 1.33 bits per heavy atom. The molecule has 0 saturated heterocycles. The first-order valence-electron chi connectivity index (χ1n) is 6.16. The van der Waals surface area contributed by atoms with E-state index in [1.165, 1.54) is 17.4 Å². The van der Waals surface area contributed by atoms with Gasteiger partial charge in [-0.25, -0.2) is 13.8 Å². The lowest BCUT2D eigenvalue weighted by molar-refractivity contribution is 0.598. The van der Waals surface area contributed by atoms with E-state index in [4.69, 9.17) is 0 Å². The molecule has 0 atom stereocenters. The average molecular weight is 304 g/mol. The van der Waals surface area contributed by atoms with Crippen molar-refractivity contribution < 1.29 is 8.78 Å². The number of benzene rings is 1. The number of aromatic amines is 1. The van der Waals surface area contributed by atoms with Crippen LogP contribution in [0.5, 0.6) is 0 Å². The number of allylic oxidation sites excluding steroid dienone is 1. The number of nitrogens with zero attached hydrogens (tertiary/aromatic N) is 1. The van der Waals surface area contributed by atoms with Gasteiger partial charge in [-0.05, 0) is 48.2 Å². The normalized spacial score (nSPS) is 12.0. The maximum absolute atomic E-state index is 13.6. The fourth-order valence-electron chi connectivity index (χ4n) is 1.98. The molecule has 1 N–H and O–H groups in total. The lowest BCUT2D eigenvalue weighted by Crippen LogP contribution is -2.09. The van der Waals surface area contributed by atoms with E-state index in [2.05, 4.69) is 9.97 Å². The minimum atomic E-state index is -0.532. The van der Waals surface area contributed by atoms with Crippen LogP contribution < -0.4 is 5.56 Å². The van der Waals surface area contributed by atoms with Crippen molar-refractivity contribution in [2.45, 2.75) is 6.92 Å². The molecule has 2 heterocycles. The van der Waals surface area contributed by atoms with Crippen LogP contribution in [0.3, 0.4) is 0 Å². The molecule has 0 amide bonds. The summed E-state index contributed by atoms with van der Waals surface area (Å²) >= 11 is 1.35. The third-order valence-electron chi connectivity index (χ3n) is 3.04. The number of thiophene rings is 1. The number of hydrogen-bond acceptors (Lipinski definition) is 3. The van der Waals surface area contributed by atoms with Crippen LogP contribution in [0, 0.1) is 11.6 Å². The summed E-state index contributed by atoms with van der Waals surface area (Å²) in [6.45, 7) is 1.68. The standard InChI is InChI=1S/C15H10F2N2OS/c1-8(6-9-7-10(16)2-3-12(9)17)13-18-14(20)11-4-5-21-15(11)19-13/h2-7H,1H3,(H,18,19,20)/b8-6-. The first-order chi connectivity index (χ1) is 10.0. The summed E-state index contributed by atoms with van der Waals surface area (Å²) in [5, 5.41) is 2.30. The third kappa shape index (κ3) is 2.62. The first kappa shape index (κ1) is 13.6. The van der Waals surface area contributed by atoms with Crippen molar-refractivity contribution in [3.05, 3.63) is 63.0 Å². The summed E-state index contributed by atoms with van der Waals surface area (Å²) in [5.41, 5.74) is 0.414. The zero-order chi connectivity index (χ0) is 15.0. The number of aromatic nitrogens is 2. The highest BCUT2D eigenvalue weighted by Crippen LogP contribution is 2.20. The Balaban J connectivity index is 2.11. The molecule has 0 fully saturated rings. The van der Waals surface area contributed by atoms with Gasteiger partial charge in [0.15, 0.2) is 0 Å². The predicted octanol–water partition coefficient (Wildman–Crippen LogP) is 3.82. The van der Waals surface area contributed by atoms with Gasteiger partial charge in [0.05, 0.1) is 5.39 Å². The van der Waals surface area contributed by atoms with Crippen LogP contribution >= 0.6 is 11.3 Å². The maximum atomic E-state index is 13.6. The van der Waals surface area contributed by atoms with Crippen molar-refractivity contribution in [2.24, 2.45) is 0 Å². The molecule has 3 aromatic rings. The van der Waals surface area contributed by atoms with E-state index < -0.39 is 11.6 Å². The van der Waals surface area contributed by atoms with Gasteiger partial charge in [-0.1, -0.05) is 0 Å². The Kier molecular flexibility index (Phi) is 3.39. The van der Waals surface area contributed by atoms with Crippen LogP contribution in [0.25, 0.3) is 21.9 Å². The fraction of sp³-hybridized carbons (Fsp3) is 0.0667. The molecule has 1 aromatic carbocycles. The van der Waals surface area contributed by atoms with Crippen molar-refractivity contribution in [1.82, 2.24) is 9.97 Å². The molecular formula is C15H10F2N2OS. The zero-order valence-corrected chi connectivity index (χ0v) is 11.8. The maximum Gasteiger partial charge on any atom is 0.259 e. The van der Waals surface area contributed by atoms with E-state index in [9.17, 15) is 13.6 Å². The van der Waals surface area contributed by atoms with E-state index in [1.54, 1.807) is 18.4 Å². The summed E-state index contributed by atoms with van der Waals surface area (Å²) in [6.07, 6.45) is 1.45. The molecule has 0 aliphatic carbocycles. The third-order valence-corrected chi connectivity index (χ3v) is 3.84. The van der Waals surface area contributed by atoms with Gasteiger partial charge >= 0.3 is 0 Å². The van der Waals surface area contributed by atoms with Gasteiger partial charge in [0.1, 0.15) is 22.3 Å². The van der Waals surface area contributed by atoms with Crippen LogP contribution in [0.2, 0.25) is 0 Å². The smallest absolute Gasteiger partial charge is 0.259 e. The quantitative estimate of drug-likeness (QED) is 0.782. The number of halogens is 2. The van der Waals surface area contributed by atoms with Crippen molar-refractivity contribution in [3.8, 4) is 0 Å². The topological polar surface area (TPSA) is 45.8 Å². The van der Waals surface area contributed by atoms with Gasteiger partial charge in [0.25, 0.3) is 5.56 Å². The highest BCUT2D eigenvalue weighted by Gasteiger charge is 2.08. The van der Waals surface area contributed by atoms with Gasteiger partial charge in [-0.15, -0.1) is 11.3 Å². The van der Waals surface area contributed by atoms with Gasteiger partial charge in [0.2, 0.25) is 0 Å². The number of fused-ring (bicyclic) bond motifs is 1. The molecule has 6 heteroatoms. The molecule has 3 rings (SSSR count). The monoisotopic (exact) mass is 304 g/mol. The number of rotatable bonds is 2. The number of nitrogens with one attached hydrogen (secondary N) is 1. The molecule has 0 saturated carbocycles. The van der Waals surface area contributed by atoms with Crippen molar-refractivity contribution in [3.63, 3.8) is 0 Å². The fourth-order valence-corrected chi connectivity index (χ4v) is 2.74. The van der Waals surface area contributed by atoms with Gasteiger partial charge in [-0.2, -0.15) is 0 Å². The highest BCUT2D eigenvalue weighted by molar-refractivity contribution is 7.16. The van der Waals surface area contributed by atoms with Crippen LogP contribution in [0.15, 0.2) is 34.4 Å². The minimum absolute atomic E-state index is 0.112. The molecule has 0 aliphatic heterocycles. The van der Waals surface area contributed by atoms with Gasteiger partial charge in [-0.3, -0.25) is 4.79 Å². The Labute approximate surface area is 122 Å². The lowest BCUT2D eigenvalue weighted by atomic mass is 10.1. The summed E-state index contributed by atoms with van der Waals surface area (Å²) in [7, 11) is 0. The van der Waals surface area contributed by atoms with Gasteiger partial charge in [0, 0.05) is 5.56 Å². The Morgan fingerprint density at radius 3 is 2.95 bits per heavy atom. The first-order valence-corrected chi connectivity index (χ1v) is 7.04. The SMILES string of the molecule is C/C(=C/c1cc(F)ccc1F)c1nc2sccc2c(=O)[nH]1. The summed E-state index contributed by atoms with van der Waals surface area (Å²) in [4.78, 5) is 19.5. The highest BCUT2D eigenvalue weighted by atomic mass is 32.1. The Morgan fingerprint density at radius 2 is 2.14 bits per heavy atom. The van der Waals surface area contributed by atoms with Crippen molar-refractivity contribution >= 4 is 33.2 Å². The zero-order valence-electron chi connectivity index (χ0n) is 11.0. The molecule has 0 aliphatic rings. The van der Waals surface area contributed by atoms with Crippen LogP contribution in [0.4, 0.5) is 8.78 Å². The number of hydrogen-bond donors (Lipinski definition) is 1. The minimum Gasteiger partial charge on any atom is -0.306 e. The Bertz CT molecular complexity index is 911. The van der Waals surface area contributed by atoms with Crippen molar-refractivity contribution in [1.29, 1.82) is 0 Å². The second kappa shape index (κ2) is 5.21. The van der Waals surface area contributed by atoms with Crippen LogP contribution in [0.1, 0.15) is 18.3 Å². The molecule has 0 spiro atoms. The Hall–Kier alpha value is -2.34. The lowest BCUT2D eigenvalue weighted by Gasteiger charge is -2.03. The molecule has 0 unspecified atom stereocenters. The number of H-pyrrole nitrogens is 1. The molecular weight excluding hydrogens is 294 g/mol. The van der Waals surface area contributed by atoms with Crippen molar-refractivity contribution in [2.75, 3.05) is 0 Å². The molecule has 2 aromatic heterocycles. The summed E-state index contributed by atoms with van der Waals surface area (Å²) < 4.78 is 26.8. The molecule has 0 radical (unpaired) electrons. The van der Waals surface area contributed by atoms with E-state index in [0.29, 0.717) is 21.6 Å². The summed E-state index contributed by atoms with van der Waals surface area (Å²) in [5.74, 6) is -0.709. The predicted molar refractivity (Wildman–Crippen MR) is 80.1 cm³/mol. The molecule has 106 valence electrons. The van der Waals surface area contributed by atoms with Crippen LogP contribution in [-0.2, 0) is 0 Å². The van der Waals surface area contributed by atoms with E-state index in [1.807, 2.05) is 0 Å². The van der Waals surface area contributed by atoms with E-state index in [0.717, 1.165) is 18.2 Å². The second-order valence-electron chi connectivity index (χ2n) is 4.55. The van der Waals surface area contributed by atoms with Crippen LogP contribution in [-0.4, -0.2) is 9.97 Å². The summed E-state index contributed by atoms with van der Waals surface area (Å²) in [6, 6.07) is 4.91. The van der Waals surface area contributed by atoms with E-state index >= 15 is 0 Å². The van der Waals surface area contributed by atoms with Gasteiger partial charge < -0.3 is 4.98 Å². The second-order valence-corrected chi connectivity index (χ2v) is 5.44. The molecule has 3 nitrogen and oxygen atoms in total. The van der Waals surface area contributed by atoms with E-state index in [-0.39, 0.29) is 11.1 Å². The largest absolute Gasteiger partial charge is 0.306 e. The average Bonchev–Trinajstić information content (AvgIpc) is 2.91. The molecule has 21 heavy (non-hydrogen) atoms. The molecule has 0 bridgehead atoms.